The number of hydrogen-bond acceptors (Lipinski definition) is 6. The molecule has 204 valence electrons. The van der Waals surface area contributed by atoms with Gasteiger partial charge in [0.15, 0.2) is 23.8 Å². The van der Waals surface area contributed by atoms with Crippen molar-refractivity contribution in [3.8, 4) is 0 Å². The molecule has 1 aliphatic rings. The van der Waals surface area contributed by atoms with E-state index in [1.165, 1.54) is 0 Å². The lowest BCUT2D eigenvalue weighted by Crippen LogP contribution is -2.48. The van der Waals surface area contributed by atoms with Crippen LogP contribution in [0.4, 0.5) is 0 Å². The minimum Gasteiger partial charge on any atom is -0.356 e. The average molecular weight is 514 g/mol. The summed E-state index contributed by atoms with van der Waals surface area (Å²) >= 11 is 0. The van der Waals surface area contributed by atoms with Crippen LogP contribution < -0.4 is 10.6 Å². The number of amides is 2. The molecule has 0 saturated carbocycles. The maximum atomic E-state index is 13.3. The average Bonchev–Trinajstić information content (AvgIpc) is 3.64. The van der Waals surface area contributed by atoms with Gasteiger partial charge in [0.25, 0.3) is 5.91 Å². The Hall–Kier alpha value is -2.87. The van der Waals surface area contributed by atoms with Crippen LogP contribution in [0.15, 0.2) is 30.3 Å². The Bertz CT molecular complexity index is 944. The Morgan fingerprint density at radius 3 is 2.24 bits per heavy atom. The first-order valence-electron chi connectivity index (χ1n) is 13.4. The van der Waals surface area contributed by atoms with Gasteiger partial charge in [-0.15, -0.1) is 0 Å². The number of carbonyl (C=O) groups excluding carboxylic acids is 4. The summed E-state index contributed by atoms with van der Waals surface area (Å²) in [6, 6.07) is 7.90. The van der Waals surface area contributed by atoms with Crippen LogP contribution in [0.1, 0.15) is 83.5 Å². The first kappa shape index (κ1) is 30.4. The van der Waals surface area contributed by atoms with Crippen LogP contribution in [0.3, 0.4) is 0 Å². The maximum Gasteiger partial charge on any atom is 0.252 e. The van der Waals surface area contributed by atoms with E-state index in [0.29, 0.717) is 24.2 Å². The molecular weight excluding hydrogens is 470 g/mol. The highest BCUT2D eigenvalue weighted by atomic mass is 16.6. The van der Waals surface area contributed by atoms with Gasteiger partial charge in [-0.25, -0.2) is 0 Å². The number of nitrogens with one attached hydrogen (secondary N) is 3. The number of hydrogen-bond donors (Lipinski definition) is 3. The molecule has 2 rings (SSSR count). The summed E-state index contributed by atoms with van der Waals surface area (Å²) in [6.45, 7) is 10.1. The number of carbonyl (C=O) groups is 4. The second kappa shape index (κ2) is 14.8. The predicted molar refractivity (Wildman–Crippen MR) is 144 cm³/mol. The minimum atomic E-state index is -0.909. The quantitative estimate of drug-likeness (QED) is 0.125. The fourth-order valence-corrected chi connectivity index (χ4v) is 4.40. The molecule has 1 aromatic carbocycles. The third-order valence-corrected chi connectivity index (χ3v) is 6.48. The van der Waals surface area contributed by atoms with Crippen molar-refractivity contribution in [2.24, 2.45) is 17.8 Å². The van der Waals surface area contributed by atoms with Gasteiger partial charge in [0, 0.05) is 30.2 Å². The van der Waals surface area contributed by atoms with E-state index in [4.69, 9.17) is 10.1 Å². The molecule has 4 atom stereocenters. The van der Waals surface area contributed by atoms with Gasteiger partial charge in [-0.3, -0.25) is 19.2 Å². The molecule has 0 aromatic heterocycles. The van der Waals surface area contributed by atoms with Crippen molar-refractivity contribution < 1.29 is 23.9 Å². The standard InChI is InChI=1S/C29H43N3O5/c1-18(2)16-22(28(35)31-15-11-7-8-12-20(5)30)17-23(33)24(19(3)4)32-29(36)27-26(37-27)25(34)21-13-9-6-10-14-21/h6,9-10,13-14,18-19,22,24,26-27,30H,7-8,11-12,15-17H2,1-5H3,(H,31,35)(H,32,36). The fourth-order valence-electron chi connectivity index (χ4n) is 4.40. The van der Waals surface area contributed by atoms with Gasteiger partial charge in [0.1, 0.15) is 0 Å². The lowest BCUT2D eigenvalue weighted by atomic mass is 9.87. The molecule has 1 aromatic rings. The molecular formula is C29H43N3O5. The number of epoxide rings is 1. The summed E-state index contributed by atoms with van der Waals surface area (Å²) in [4.78, 5) is 51.5. The van der Waals surface area contributed by atoms with Crippen molar-refractivity contribution in [1.82, 2.24) is 10.6 Å². The first-order valence-corrected chi connectivity index (χ1v) is 13.4. The van der Waals surface area contributed by atoms with Gasteiger partial charge in [-0.2, -0.15) is 0 Å². The van der Waals surface area contributed by atoms with Crippen LogP contribution >= 0.6 is 0 Å². The molecule has 0 aliphatic carbocycles. The van der Waals surface area contributed by atoms with Crippen LogP contribution in [0.25, 0.3) is 0 Å². The van der Waals surface area contributed by atoms with Crippen molar-refractivity contribution in [3.63, 3.8) is 0 Å². The monoisotopic (exact) mass is 513 g/mol. The molecule has 8 heteroatoms. The van der Waals surface area contributed by atoms with Crippen molar-refractivity contribution in [1.29, 1.82) is 5.41 Å². The summed E-state index contributed by atoms with van der Waals surface area (Å²) in [5.41, 5.74) is 1.14. The topological polar surface area (TPSA) is 129 Å². The van der Waals surface area contributed by atoms with E-state index < -0.39 is 30.1 Å². The largest absolute Gasteiger partial charge is 0.356 e. The summed E-state index contributed by atoms with van der Waals surface area (Å²) in [5, 5.41) is 13.2. The van der Waals surface area contributed by atoms with Gasteiger partial charge in [0.05, 0.1) is 6.04 Å². The molecule has 0 spiro atoms. The molecule has 4 unspecified atom stereocenters. The van der Waals surface area contributed by atoms with E-state index in [0.717, 1.165) is 25.7 Å². The molecule has 1 aliphatic heterocycles. The Morgan fingerprint density at radius 2 is 1.65 bits per heavy atom. The van der Waals surface area contributed by atoms with Gasteiger partial charge in [0.2, 0.25) is 5.91 Å². The minimum absolute atomic E-state index is 0.0397. The molecule has 3 N–H and O–H groups in total. The molecule has 0 bridgehead atoms. The van der Waals surface area contributed by atoms with Gasteiger partial charge in [-0.05, 0) is 44.4 Å². The molecule has 2 amide bonds. The van der Waals surface area contributed by atoms with E-state index in [9.17, 15) is 19.2 Å². The summed E-state index contributed by atoms with van der Waals surface area (Å²) < 4.78 is 5.36. The zero-order chi connectivity index (χ0) is 27.5. The predicted octanol–water partition coefficient (Wildman–Crippen LogP) is 4.12. The van der Waals surface area contributed by atoms with E-state index in [-0.39, 0.29) is 35.7 Å². The van der Waals surface area contributed by atoms with Crippen LogP contribution in [0.5, 0.6) is 0 Å². The zero-order valence-electron chi connectivity index (χ0n) is 22.8. The lowest BCUT2D eigenvalue weighted by molar-refractivity contribution is -0.133. The second-order valence-corrected chi connectivity index (χ2v) is 10.8. The Labute approximate surface area is 220 Å². The summed E-state index contributed by atoms with van der Waals surface area (Å²) in [7, 11) is 0. The SMILES string of the molecule is CC(=N)CCCCCNC(=O)C(CC(=O)C(NC(=O)C1OC1C(=O)c1ccccc1)C(C)C)CC(C)C. The number of Topliss-reactive ketones (excluding diaryl/α,β-unsaturated/α-hetero) is 2. The highest BCUT2D eigenvalue weighted by Crippen LogP contribution is 2.27. The third kappa shape index (κ3) is 10.2. The van der Waals surface area contributed by atoms with Crippen molar-refractivity contribution in [2.45, 2.75) is 91.4 Å². The highest BCUT2D eigenvalue weighted by Gasteiger charge is 2.51. The summed E-state index contributed by atoms with van der Waals surface area (Å²) in [6.07, 6.45) is 2.32. The van der Waals surface area contributed by atoms with E-state index in [1.54, 1.807) is 37.3 Å². The van der Waals surface area contributed by atoms with Gasteiger partial charge < -0.3 is 20.8 Å². The van der Waals surface area contributed by atoms with Crippen LogP contribution in [0, 0.1) is 23.2 Å². The van der Waals surface area contributed by atoms with E-state index in [2.05, 4.69) is 10.6 Å². The van der Waals surface area contributed by atoms with Gasteiger partial charge in [-0.1, -0.05) is 64.4 Å². The second-order valence-electron chi connectivity index (χ2n) is 10.8. The van der Waals surface area contributed by atoms with Crippen molar-refractivity contribution >= 4 is 29.1 Å². The number of benzene rings is 1. The normalized spacial score (nSPS) is 18.2. The Morgan fingerprint density at radius 1 is 0.973 bits per heavy atom. The molecule has 1 saturated heterocycles. The highest BCUT2D eigenvalue weighted by molar-refractivity contribution is 6.06. The molecule has 1 heterocycles. The number of rotatable bonds is 17. The molecule has 37 heavy (non-hydrogen) atoms. The number of ketones is 2. The van der Waals surface area contributed by atoms with Crippen LogP contribution in [0.2, 0.25) is 0 Å². The molecule has 0 radical (unpaired) electrons. The van der Waals surface area contributed by atoms with Gasteiger partial charge >= 0.3 is 0 Å². The Kier molecular flexibility index (Phi) is 12.1. The maximum absolute atomic E-state index is 13.3. The summed E-state index contributed by atoms with van der Waals surface area (Å²) in [5.74, 6) is -1.50. The van der Waals surface area contributed by atoms with Crippen LogP contribution in [-0.2, 0) is 19.1 Å². The van der Waals surface area contributed by atoms with Crippen molar-refractivity contribution in [3.05, 3.63) is 35.9 Å². The van der Waals surface area contributed by atoms with Crippen LogP contribution in [-0.4, -0.2) is 53.9 Å². The molecule has 8 nitrogen and oxygen atoms in total. The van der Waals surface area contributed by atoms with Crippen molar-refractivity contribution in [2.75, 3.05) is 6.54 Å². The third-order valence-electron chi connectivity index (χ3n) is 6.48. The lowest BCUT2D eigenvalue weighted by Gasteiger charge is -2.24. The fraction of sp³-hybridized carbons (Fsp3) is 0.621. The smallest absolute Gasteiger partial charge is 0.252 e. The zero-order valence-corrected chi connectivity index (χ0v) is 22.8. The van der Waals surface area contributed by atoms with E-state index in [1.807, 2.05) is 27.7 Å². The molecule has 1 fully saturated rings. The number of unbranched alkanes of at least 4 members (excludes halogenated alkanes) is 2. The number of ether oxygens (including phenoxy) is 1. The van der Waals surface area contributed by atoms with E-state index >= 15 is 0 Å². The first-order chi connectivity index (χ1) is 17.5. The Balaban J connectivity index is 1.91.